The summed E-state index contributed by atoms with van der Waals surface area (Å²) in [5, 5.41) is 6.60. The van der Waals surface area contributed by atoms with Crippen molar-refractivity contribution in [3.63, 3.8) is 0 Å². The van der Waals surface area contributed by atoms with E-state index in [9.17, 15) is 4.79 Å². The zero-order chi connectivity index (χ0) is 13.5. The highest BCUT2D eigenvalue weighted by Crippen LogP contribution is 2.32. The highest BCUT2D eigenvalue weighted by Gasteiger charge is 2.09. The number of benzene rings is 4. The van der Waals surface area contributed by atoms with Crippen molar-refractivity contribution >= 4 is 38.6 Å². The zero-order valence-corrected chi connectivity index (χ0v) is 10.8. The first kappa shape index (κ1) is 11.2. The van der Waals surface area contributed by atoms with Crippen molar-refractivity contribution in [1.82, 2.24) is 0 Å². The molecule has 0 aromatic heterocycles. The summed E-state index contributed by atoms with van der Waals surface area (Å²) in [6, 6.07) is 22.6. The molecule has 0 aliphatic rings. The Kier molecular flexibility index (Phi) is 2.33. The fourth-order valence-corrected chi connectivity index (χ4v) is 3.00. The van der Waals surface area contributed by atoms with Gasteiger partial charge in [-0.1, -0.05) is 60.7 Å². The van der Waals surface area contributed by atoms with Crippen LogP contribution in [0.15, 0.2) is 66.7 Å². The van der Waals surface area contributed by atoms with Crippen LogP contribution in [-0.2, 0) is 0 Å². The highest BCUT2D eigenvalue weighted by molar-refractivity contribution is 6.21. The number of aldehydes is 1. The van der Waals surface area contributed by atoms with Gasteiger partial charge in [-0.05, 0) is 33.0 Å². The summed E-state index contributed by atoms with van der Waals surface area (Å²) in [7, 11) is 0. The molecule has 0 atom stereocenters. The van der Waals surface area contributed by atoms with Crippen LogP contribution in [0.25, 0.3) is 32.3 Å². The largest absolute Gasteiger partial charge is 0.298 e. The van der Waals surface area contributed by atoms with Crippen LogP contribution in [0, 0.1) is 0 Å². The Morgan fingerprint density at radius 3 is 2.10 bits per heavy atom. The van der Waals surface area contributed by atoms with Crippen LogP contribution >= 0.6 is 0 Å². The number of carbonyl (C=O) groups is 1. The molecule has 20 heavy (non-hydrogen) atoms. The molecular formula is C19H12O. The van der Waals surface area contributed by atoms with Gasteiger partial charge in [0.25, 0.3) is 0 Å². The van der Waals surface area contributed by atoms with Crippen molar-refractivity contribution in [1.29, 1.82) is 0 Å². The topological polar surface area (TPSA) is 17.1 Å². The molecule has 0 heterocycles. The van der Waals surface area contributed by atoms with Crippen LogP contribution < -0.4 is 0 Å². The van der Waals surface area contributed by atoms with E-state index in [-0.39, 0.29) is 0 Å². The molecule has 0 bridgehead atoms. The third-order valence-corrected chi connectivity index (χ3v) is 3.91. The minimum Gasteiger partial charge on any atom is -0.298 e. The number of hydrogen-bond donors (Lipinski definition) is 0. The lowest BCUT2D eigenvalue weighted by molar-refractivity contribution is 0.112. The maximum atomic E-state index is 11.7. The van der Waals surface area contributed by atoms with Gasteiger partial charge in [-0.15, -0.1) is 0 Å². The summed E-state index contributed by atoms with van der Waals surface area (Å²) in [6.45, 7) is 0. The molecule has 4 rings (SSSR count). The number of hydrogen-bond acceptors (Lipinski definition) is 1. The molecule has 0 aliphatic carbocycles. The SMILES string of the molecule is O=Cc1c2ccccc2cc2ccc3ccccc3c12. The molecular weight excluding hydrogens is 244 g/mol. The van der Waals surface area contributed by atoms with Crippen molar-refractivity contribution in [2.75, 3.05) is 0 Å². The molecule has 0 N–H and O–H groups in total. The molecule has 0 fully saturated rings. The Balaban J connectivity index is 2.36. The first-order chi connectivity index (χ1) is 9.88. The quantitative estimate of drug-likeness (QED) is 0.267. The maximum Gasteiger partial charge on any atom is 0.151 e. The second-order valence-electron chi connectivity index (χ2n) is 5.01. The molecule has 0 radical (unpaired) electrons. The van der Waals surface area contributed by atoms with Crippen LogP contribution in [0.1, 0.15) is 10.4 Å². The maximum absolute atomic E-state index is 11.7. The molecule has 4 aromatic carbocycles. The molecule has 4 aromatic rings. The van der Waals surface area contributed by atoms with Crippen LogP contribution in [0.5, 0.6) is 0 Å². The molecule has 0 amide bonds. The molecule has 94 valence electrons. The van der Waals surface area contributed by atoms with E-state index >= 15 is 0 Å². The minimum absolute atomic E-state index is 0.787. The smallest absolute Gasteiger partial charge is 0.151 e. The van der Waals surface area contributed by atoms with Crippen LogP contribution in [0.3, 0.4) is 0 Å². The molecule has 1 heteroatoms. The van der Waals surface area contributed by atoms with Crippen LogP contribution in [0.4, 0.5) is 0 Å². The monoisotopic (exact) mass is 256 g/mol. The van der Waals surface area contributed by atoms with E-state index in [2.05, 4.69) is 36.4 Å². The first-order valence-electron chi connectivity index (χ1n) is 6.67. The van der Waals surface area contributed by atoms with E-state index in [1.165, 1.54) is 5.39 Å². The molecule has 0 spiro atoms. The third kappa shape index (κ3) is 1.47. The lowest BCUT2D eigenvalue weighted by Crippen LogP contribution is -1.88. The second kappa shape index (κ2) is 4.17. The zero-order valence-electron chi connectivity index (χ0n) is 10.8. The standard InChI is InChI=1S/C19H12O/c20-12-18-16-7-3-2-6-14(16)11-15-10-9-13-5-1-4-8-17(13)19(15)18/h1-12H. The summed E-state index contributed by atoms with van der Waals surface area (Å²) in [4.78, 5) is 11.7. The van der Waals surface area contributed by atoms with E-state index < -0.39 is 0 Å². The number of fused-ring (bicyclic) bond motifs is 4. The fraction of sp³-hybridized carbons (Fsp3) is 0. The average Bonchev–Trinajstić information content (AvgIpc) is 2.52. The molecule has 0 saturated carbocycles. The van der Waals surface area contributed by atoms with E-state index in [1.54, 1.807) is 0 Å². The van der Waals surface area contributed by atoms with E-state index in [0.29, 0.717) is 0 Å². The Labute approximate surface area is 116 Å². The molecule has 0 aliphatic heterocycles. The summed E-state index contributed by atoms with van der Waals surface area (Å²) >= 11 is 0. The molecule has 0 saturated heterocycles. The van der Waals surface area contributed by atoms with Crippen molar-refractivity contribution in [3.05, 3.63) is 72.3 Å². The summed E-state index contributed by atoms with van der Waals surface area (Å²) in [6.07, 6.45) is 0.983. The Hall–Kier alpha value is -2.67. The van der Waals surface area contributed by atoms with Crippen molar-refractivity contribution < 1.29 is 4.79 Å². The Bertz CT molecular complexity index is 967. The lowest BCUT2D eigenvalue weighted by atomic mass is 9.93. The van der Waals surface area contributed by atoms with Gasteiger partial charge in [0, 0.05) is 10.9 Å². The van der Waals surface area contributed by atoms with Gasteiger partial charge in [0.15, 0.2) is 6.29 Å². The van der Waals surface area contributed by atoms with Crippen molar-refractivity contribution in [2.24, 2.45) is 0 Å². The van der Waals surface area contributed by atoms with E-state index in [4.69, 9.17) is 0 Å². The van der Waals surface area contributed by atoms with Gasteiger partial charge < -0.3 is 0 Å². The number of carbonyl (C=O) groups excluding carboxylic acids is 1. The highest BCUT2D eigenvalue weighted by atomic mass is 16.1. The van der Waals surface area contributed by atoms with Crippen molar-refractivity contribution in [2.45, 2.75) is 0 Å². The second-order valence-corrected chi connectivity index (χ2v) is 5.01. The minimum atomic E-state index is 0.787. The Morgan fingerprint density at radius 1 is 0.650 bits per heavy atom. The van der Waals surface area contributed by atoms with Gasteiger partial charge in [0.2, 0.25) is 0 Å². The first-order valence-corrected chi connectivity index (χ1v) is 6.67. The Morgan fingerprint density at radius 2 is 1.30 bits per heavy atom. The van der Waals surface area contributed by atoms with E-state index in [1.807, 2.05) is 30.3 Å². The fourth-order valence-electron chi connectivity index (χ4n) is 3.00. The number of rotatable bonds is 1. The molecule has 0 unspecified atom stereocenters. The summed E-state index contributed by atoms with van der Waals surface area (Å²) in [5.74, 6) is 0. The van der Waals surface area contributed by atoms with Gasteiger partial charge in [-0.25, -0.2) is 0 Å². The van der Waals surface area contributed by atoms with Crippen LogP contribution in [0.2, 0.25) is 0 Å². The normalized spacial score (nSPS) is 11.2. The van der Waals surface area contributed by atoms with E-state index in [0.717, 1.165) is 38.8 Å². The van der Waals surface area contributed by atoms with Gasteiger partial charge in [0.1, 0.15) is 0 Å². The summed E-state index contributed by atoms with van der Waals surface area (Å²) < 4.78 is 0. The summed E-state index contributed by atoms with van der Waals surface area (Å²) in [5.41, 5.74) is 0.787. The van der Waals surface area contributed by atoms with Crippen molar-refractivity contribution in [3.8, 4) is 0 Å². The average molecular weight is 256 g/mol. The van der Waals surface area contributed by atoms with Crippen LogP contribution in [-0.4, -0.2) is 6.29 Å². The predicted molar refractivity (Wildman–Crippen MR) is 84.3 cm³/mol. The third-order valence-electron chi connectivity index (χ3n) is 3.91. The van der Waals surface area contributed by atoms with Gasteiger partial charge in [-0.3, -0.25) is 4.79 Å². The predicted octanol–water partition coefficient (Wildman–Crippen LogP) is 4.96. The van der Waals surface area contributed by atoms with Gasteiger partial charge in [0.05, 0.1) is 0 Å². The van der Waals surface area contributed by atoms with Gasteiger partial charge in [-0.2, -0.15) is 0 Å². The lowest BCUT2D eigenvalue weighted by Gasteiger charge is -2.09. The molecule has 1 nitrogen and oxygen atoms in total. The van der Waals surface area contributed by atoms with Gasteiger partial charge >= 0.3 is 0 Å².